The number of rotatable bonds is 8. The molecule has 0 saturated carbocycles. The zero-order valence-electron chi connectivity index (χ0n) is 17.6. The summed E-state index contributed by atoms with van der Waals surface area (Å²) >= 11 is 0. The van der Waals surface area contributed by atoms with Gasteiger partial charge in [0.25, 0.3) is 5.91 Å². The fourth-order valence-corrected chi connectivity index (χ4v) is 3.25. The van der Waals surface area contributed by atoms with Crippen molar-refractivity contribution in [3.63, 3.8) is 0 Å². The van der Waals surface area contributed by atoms with Crippen LogP contribution in [-0.2, 0) is 32.0 Å². The average Bonchev–Trinajstić information content (AvgIpc) is 3.05. The number of para-hydroxylation sites is 1. The molecule has 0 unspecified atom stereocenters. The van der Waals surface area contributed by atoms with E-state index >= 15 is 0 Å². The minimum Gasteiger partial charge on any atom is -0.467 e. The number of amides is 1. The first-order valence-corrected chi connectivity index (χ1v) is 9.68. The summed E-state index contributed by atoms with van der Waals surface area (Å²) in [5.74, 6) is 0.0623. The van der Waals surface area contributed by atoms with Gasteiger partial charge >= 0.3 is 5.97 Å². The van der Waals surface area contributed by atoms with E-state index in [-0.39, 0.29) is 13.2 Å². The van der Waals surface area contributed by atoms with Gasteiger partial charge in [0.1, 0.15) is 24.6 Å². The lowest BCUT2D eigenvalue weighted by atomic mass is 10.1. The molecule has 1 aromatic carbocycles. The molecule has 0 aliphatic rings. The lowest BCUT2D eigenvalue weighted by molar-refractivity contribution is -0.146. The van der Waals surface area contributed by atoms with Crippen LogP contribution in [0.3, 0.4) is 0 Å². The number of ether oxygens (including phenoxy) is 2. The number of fused-ring (bicyclic) bond motifs is 3. The number of aromatic nitrogens is 3. The van der Waals surface area contributed by atoms with Crippen LogP contribution in [0, 0.1) is 0 Å². The van der Waals surface area contributed by atoms with Crippen LogP contribution in [0.2, 0.25) is 0 Å². The van der Waals surface area contributed by atoms with Crippen LogP contribution >= 0.6 is 0 Å². The SMILES string of the molecule is CCc1nc2c(NC(=O)COCC(=O)OC)nc3ccccc3c2n1CC(C)(C)O. The number of nitrogens with zero attached hydrogens (tertiary/aromatic N) is 3. The first kappa shape index (κ1) is 21.7. The van der Waals surface area contributed by atoms with E-state index in [0.29, 0.717) is 29.8 Å². The first-order chi connectivity index (χ1) is 14.2. The minimum atomic E-state index is -0.951. The van der Waals surface area contributed by atoms with Gasteiger partial charge in [0.05, 0.1) is 30.3 Å². The second kappa shape index (κ2) is 8.76. The lowest BCUT2D eigenvalue weighted by Crippen LogP contribution is -2.27. The molecule has 0 fully saturated rings. The molecule has 3 aromatic rings. The van der Waals surface area contributed by atoms with Gasteiger partial charge in [-0.05, 0) is 19.9 Å². The normalized spacial score (nSPS) is 11.8. The van der Waals surface area contributed by atoms with E-state index in [1.807, 2.05) is 35.8 Å². The van der Waals surface area contributed by atoms with Gasteiger partial charge in [0, 0.05) is 11.8 Å². The van der Waals surface area contributed by atoms with Crippen molar-refractivity contribution >= 4 is 39.6 Å². The number of anilines is 1. The molecule has 0 atom stereocenters. The van der Waals surface area contributed by atoms with Crippen molar-refractivity contribution in [3.05, 3.63) is 30.1 Å². The van der Waals surface area contributed by atoms with Gasteiger partial charge in [0.2, 0.25) is 0 Å². The van der Waals surface area contributed by atoms with E-state index < -0.39 is 17.5 Å². The fraction of sp³-hybridized carbons (Fsp3) is 0.429. The van der Waals surface area contributed by atoms with Gasteiger partial charge in [0.15, 0.2) is 5.82 Å². The highest BCUT2D eigenvalue weighted by molar-refractivity contribution is 6.09. The fourth-order valence-electron chi connectivity index (χ4n) is 3.25. The summed E-state index contributed by atoms with van der Waals surface area (Å²) in [7, 11) is 1.25. The molecule has 0 saturated heterocycles. The molecule has 160 valence electrons. The van der Waals surface area contributed by atoms with Gasteiger partial charge in [-0.2, -0.15) is 0 Å². The van der Waals surface area contributed by atoms with Crippen molar-refractivity contribution in [2.24, 2.45) is 0 Å². The maximum Gasteiger partial charge on any atom is 0.331 e. The number of imidazole rings is 1. The summed E-state index contributed by atoms with van der Waals surface area (Å²) in [6.07, 6.45) is 0.648. The number of nitrogens with one attached hydrogen (secondary N) is 1. The van der Waals surface area contributed by atoms with Crippen molar-refractivity contribution in [2.45, 2.75) is 39.3 Å². The maximum atomic E-state index is 12.3. The number of carbonyl (C=O) groups is 2. The van der Waals surface area contributed by atoms with Crippen molar-refractivity contribution in [2.75, 3.05) is 25.6 Å². The van der Waals surface area contributed by atoms with Crippen LogP contribution < -0.4 is 5.32 Å². The van der Waals surface area contributed by atoms with Gasteiger partial charge in [-0.15, -0.1) is 0 Å². The van der Waals surface area contributed by atoms with Crippen LogP contribution in [0.15, 0.2) is 24.3 Å². The molecule has 1 amide bonds. The summed E-state index contributed by atoms with van der Waals surface area (Å²) in [6, 6.07) is 7.57. The molecule has 0 aliphatic carbocycles. The summed E-state index contributed by atoms with van der Waals surface area (Å²) in [6.45, 7) is 5.17. The van der Waals surface area contributed by atoms with E-state index in [1.165, 1.54) is 7.11 Å². The molecule has 9 heteroatoms. The third kappa shape index (κ3) is 4.74. The number of esters is 1. The number of pyridine rings is 1. The monoisotopic (exact) mass is 414 g/mol. The number of hydrogen-bond donors (Lipinski definition) is 2. The Bertz CT molecular complexity index is 1080. The van der Waals surface area contributed by atoms with E-state index in [2.05, 4.69) is 15.0 Å². The van der Waals surface area contributed by atoms with Crippen LogP contribution in [0.1, 0.15) is 26.6 Å². The topological polar surface area (TPSA) is 116 Å². The standard InChI is InChI=1S/C21H26N4O5/c1-5-15-23-18-19(25(15)12-21(2,3)28)13-8-6-7-9-14(13)22-20(18)24-16(26)10-30-11-17(27)29-4/h6-9,28H,5,10-12H2,1-4H3,(H,22,24,26). The Morgan fingerprint density at radius 3 is 2.60 bits per heavy atom. The molecule has 0 bridgehead atoms. The third-order valence-corrected chi connectivity index (χ3v) is 4.46. The Morgan fingerprint density at radius 2 is 1.93 bits per heavy atom. The highest BCUT2D eigenvalue weighted by atomic mass is 16.6. The largest absolute Gasteiger partial charge is 0.467 e. The van der Waals surface area contributed by atoms with Crippen LogP contribution in [-0.4, -0.2) is 57.4 Å². The summed E-state index contributed by atoms with van der Waals surface area (Å²) in [5.41, 5.74) is 1.07. The van der Waals surface area contributed by atoms with E-state index in [9.17, 15) is 14.7 Å². The molecule has 0 radical (unpaired) electrons. The van der Waals surface area contributed by atoms with Crippen LogP contribution in [0.5, 0.6) is 0 Å². The van der Waals surface area contributed by atoms with Crippen molar-refractivity contribution in [3.8, 4) is 0 Å². The molecule has 3 rings (SSSR count). The number of methoxy groups -OCH3 is 1. The number of hydrogen-bond acceptors (Lipinski definition) is 7. The Balaban J connectivity index is 2.04. The quantitative estimate of drug-likeness (QED) is 0.542. The molecular formula is C21H26N4O5. The van der Waals surface area contributed by atoms with Crippen molar-refractivity contribution in [1.29, 1.82) is 0 Å². The number of benzene rings is 1. The summed E-state index contributed by atoms with van der Waals surface area (Å²) in [4.78, 5) is 32.8. The molecule has 0 spiro atoms. The Morgan fingerprint density at radius 1 is 1.20 bits per heavy atom. The van der Waals surface area contributed by atoms with Gasteiger partial charge in [-0.3, -0.25) is 4.79 Å². The van der Waals surface area contributed by atoms with E-state index in [1.54, 1.807) is 13.8 Å². The average molecular weight is 414 g/mol. The Kier molecular flexibility index (Phi) is 6.33. The third-order valence-electron chi connectivity index (χ3n) is 4.46. The molecule has 2 heterocycles. The first-order valence-electron chi connectivity index (χ1n) is 9.68. The molecule has 30 heavy (non-hydrogen) atoms. The zero-order valence-corrected chi connectivity index (χ0v) is 17.6. The predicted octanol–water partition coefficient (Wildman–Crippen LogP) is 2.05. The second-order valence-corrected chi connectivity index (χ2v) is 7.57. The highest BCUT2D eigenvalue weighted by Crippen LogP contribution is 2.31. The Labute approximate surface area is 174 Å². The Hall–Kier alpha value is -3.04. The van der Waals surface area contributed by atoms with Crippen LogP contribution in [0.4, 0.5) is 5.82 Å². The number of aliphatic hydroxyl groups is 1. The van der Waals surface area contributed by atoms with Crippen molar-refractivity contribution in [1.82, 2.24) is 14.5 Å². The number of aryl methyl sites for hydroxylation is 1. The van der Waals surface area contributed by atoms with E-state index in [4.69, 9.17) is 9.72 Å². The molecule has 2 aromatic heterocycles. The van der Waals surface area contributed by atoms with E-state index in [0.717, 1.165) is 16.7 Å². The number of carbonyl (C=O) groups excluding carboxylic acids is 2. The molecule has 2 N–H and O–H groups in total. The smallest absolute Gasteiger partial charge is 0.331 e. The molecule has 0 aliphatic heterocycles. The summed E-state index contributed by atoms with van der Waals surface area (Å²) < 4.78 is 11.5. The van der Waals surface area contributed by atoms with Gasteiger partial charge < -0.3 is 24.5 Å². The maximum absolute atomic E-state index is 12.3. The zero-order chi connectivity index (χ0) is 21.9. The van der Waals surface area contributed by atoms with Gasteiger partial charge in [-0.1, -0.05) is 25.1 Å². The second-order valence-electron chi connectivity index (χ2n) is 7.57. The van der Waals surface area contributed by atoms with Gasteiger partial charge in [-0.25, -0.2) is 14.8 Å². The molecular weight excluding hydrogens is 388 g/mol. The minimum absolute atomic E-state index is 0.305. The van der Waals surface area contributed by atoms with Crippen molar-refractivity contribution < 1.29 is 24.2 Å². The molecule has 9 nitrogen and oxygen atoms in total. The van der Waals surface area contributed by atoms with Crippen LogP contribution in [0.25, 0.3) is 21.9 Å². The summed E-state index contributed by atoms with van der Waals surface area (Å²) in [5, 5.41) is 14.0. The highest BCUT2D eigenvalue weighted by Gasteiger charge is 2.23. The predicted molar refractivity (Wildman–Crippen MR) is 112 cm³/mol. The lowest BCUT2D eigenvalue weighted by Gasteiger charge is -2.20.